The average molecular weight is 300 g/mol. The third-order valence-electron chi connectivity index (χ3n) is 3.60. The van der Waals surface area contributed by atoms with Gasteiger partial charge in [-0.05, 0) is 31.4 Å². The Balaban J connectivity index is 2.00. The van der Waals surface area contributed by atoms with Crippen LogP contribution in [0.4, 0.5) is 0 Å². The van der Waals surface area contributed by atoms with Gasteiger partial charge in [-0.2, -0.15) is 0 Å². The molecular weight excluding hydrogens is 272 g/mol. The first-order chi connectivity index (χ1) is 10.8. The molecule has 1 rings (SSSR count). The van der Waals surface area contributed by atoms with Crippen LogP contribution in [0.3, 0.4) is 0 Å². The highest BCUT2D eigenvalue weighted by molar-refractivity contribution is 5.90. The molecule has 1 aromatic rings. The second kappa shape index (κ2) is 11.9. The predicted molar refractivity (Wildman–Crippen MR) is 91.8 cm³/mol. The van der Waals surface area contributed by atoms with E-state index in [1.807, 2.05) is 31.2 Å². The van der Waals surface area contributed by atoms with E-state index in [0.717, 1.165) is 31.2 Å². The van der Waals surface area contributed by atoms with Crippen molar-refractivity contribution < 1.29 is 9.53 Å². The molecule has 1 aromatic carbocycles. The summed E-state index contributed by atoms with van der Waals surface area (Å²) in [5.74, 6) is 6.07. The van der Waals surface area contributed by atoms with Gasteiger partial charge in [0.1, 0.15) is 0 Å². The van der Waals surface area contributed by atoms with Gasteiger partial charge in [-0.25, -0.2) is 4.79 Å². The van der Waals surface area contributed by atoms with Crippen LogP contribution in [0.15, 0.2) is 24.3 Å². The number of rotatable bonds is 9. The Hall–Kier alpha value is -1.75. The van der Waals surface area contributed by atoms with Crippen LogP contribution in [0.1, 0.15) is 74.2 Å². The molecule has 0 aliphatic carbocycles. The number of aryl methyl sites for hydroxylation is 1. The lowest BCUT2D eigenvalue weighted by molar-refractivity contribution is 0.0497. The molecule has 0 aromatic heterocycles. The van der Waals surface area contributed by atoms with Crippen LogP contribution >= 0.6 is 0 Å². The van der Waals surface area contributed by atoms with E-state index in [9.17, 15) is 4.79 Å². The average Bonchev–Trinajstić information content (AvgIpc) is 2.53. The molecule has 0 N–H and O–H groups in total. The summed E-state index contributed by atoms with van der Waals surface area (Å²) in [6.07, 6.45) is 8.98. The van der Waals surface area contributed by atoms with Gasteiger partial charge in [0.25, 0.3) is 0 Å². The van der Waals surface area contributed by atoms with Crippen LogP contribution < -0.4 is 0 Å². The summed E-state index contributed by atoms with van der Waals surface area (Å²) in [5, 5.41) is 0. The van der Waals surface area contributed by atoms with Crippen molar-refractivity contribution in [1.82, 2.24) is 0 Å². The smallest absolute Gasteiger partial charge is 0.338 e. The van der Waals surface area contributed by atoms with Crippen molar-refractivity contribution in [2.45, 2.75) is 65.2 Å². The second-order valence-corrected chi connectivity index (χ2v) is 5.53. The number of carbonyl (C=O) groups is 1. The van der Waals surface area contributed by atoms with Crippen molar-refractivity contribution >= 4 is 5.97 Å². The Bertz CT molecular complexity index is 494. The van der Waals surface area contributed by atoms with Gasteiger partial charge in [-0.15, -0.1) is 11.8 Å². The fourth-order valence-corrected chi connectivity index (χ4v) is 2.28. The Morgan fingerprint density at radius 1 is 1.00 bits per heavy atom. The SMILES string of the molecule is CCC#CCCCCCCCCOC(=O)c1ccccc1C. The van der Waals surface area contributed by atoms with Gasteiger partial charge < -0.3 is 4.74 Å². The molecule has 2 nitrogen and oxygen atoms in total. The Kier molecular flexibility index (Phi) is 9.87. The number of hydrogen-bond donors (Lipinski definition) is 0. The molecule has 0 saturated heterocycles. The summed E-state index contributed by atoms with van der Waals surface area (Å²) in [6.45, 7) is 4.54. The van der Waals surface area contributed by atoms with Crippen molar-refractivity contribution in [2.24, 2.45) is 0 Å². The van der Waals surface area contributed by atoms with Gasteiger partial charge in [0, 0.05) is 12.8 Å². The van der Waals surface area contributed by atoms with E-state index in [-0.39, 0.29) is 5.97 Å². The summed E-state index contributed by atoms with van der Waals surface area (Å²) in [4.78, 5) is 11.9. The van der Waals surface area contributed by atoms with E-state index in [2.05, 4.69) is 18.8 Å². The molecule has 0 heterocycles. The third kappa shape index (κ3) is 7.88. The number of esters is 1. The molecule has 0 aliphatic rings. The number of hydrogen-bond acceptors (Lipinski definition) is 2. The molecule has 0 saturated carbocycles. The minimum Gasteiger partial charge on any atom is -0.462 e. The maximum atomic E-state index is 11.9. The molecular formula is C20H28O2. The van der Waals surface area contributed by atoms with Crippen LogP contribution in [0, 0.1) is 18.8 Å². The summed E-state index contributed by atoms with van der Waals surface area (Å²) in [5.41, 5.74) is 1.65. The number of carbonyl (C=O) groups excluding carboxylic acids is 1. The fourth-order valence-electron chi connectivity index (χ4n) is 2.28. The van der Waals surface area contributed by atoms with Crippen molar-refractivity contribution in [1.29, 1.82) is 0 Å². The molecule has 2 heteroatoms. The van der Waals surface area contributed by atoms with E-state index in [4.69, 9.17) is 4.74 Å². The maximum absolute atomic E-state index is 11.9. The normalized spacial score (nSPS) is 9.91. The molecule has 0 amide bonds. The molecule has 0 fully saturated rings. The van der Waals surface area contributed by atoms with Gasteiger partial charge in [-0.3, -0.25) is 0 Å². The first-order valence-electron chi connectivity index (χ1n) is 8.44. The highest BCUT2D eigenvalue weighted by Crippen LogP contribution is 2.10. The summed E-state index contributed by atoms with van der Waals surface area (Å²) in [7, 11) is 0. The summed E-state index contributed by atoms with van der Waals surface area (Å²) in [6, 6.07) is 7.55. The van der Waals surface area contributed by atoms with E-state index in [1.54, 1.807) is 0 Å². The lowest BCUT2D eigenvalue weighted by Gasteiger charge is -2.06. The van der Waals surface area contributed by atoms with Crippen LogP contribution in [0.2, 0.25) is 0 Å². The van der Waals surface area contributed by atoms with Crippen molar-refractivity contribution in [3.05, 3.63) is 35.4 Å². The van der Waals surface area contributed by atoms with E-state index in [1.165, 1.54) is 25.7 Å². The standard InChI is InChI=1S/C20H28O2/c1-3-4-5-6-7-8-9-10-11-14-17-22-20(21)19-16-13-12-15-18(19)2/h12-13,15-16H,3,6-11,14,17H2,1-2H3. The predicted octanol–water partition coefficient (Wildman–Crippen LogP) is 5.30. The van der Waals surface area contributed by atoms with Gasteiger partial charge in [0.15, 0.2) is 0 Å². The molecule has 0 atom stereocenters. The Morgan fingerprint density at radius 3 is 2.41 bits per heavy atom. The maximum Gasteiger partial charge on any atom is 0.338 e. The summed E-state index contributed by atoms with van der Waals surface area (Å²) < 4.78 is 5.32. The number of ether oxygens (including phenoxy) is 1. The monoisotopic (exact) mass is 300 g/mol. The number of benzene rings is 1. The van der Waals surface area contributed by atoms with E-state index < -0.39 is 0 Å². The van der Waals surface area contributed by atoms with E-state index >= 15 is 0 Å². The lowest BCUT2D eigenvalue weighted by atomic mass is 10.1. The molecule has 120 valence electrons. The molecule has 22 heavy (non-hydrogen) atoms. The first kappa shape index (κ1) is 18.3. The zero-order valence-electron chi connectivity index (χ0n) is 14.0. The second-order valence-electron chi connectivity index (χ2n) is 5.53. The minimum absolute atomic E-state index is 0.201. The first-order valence-corrected chi connectivity index (χ1v) is 8.44. The fraction of sp³-hybridized carbons (Fsp3) is 0.550. The van der Waals surface area contributed by atoms with Crippen LogP contribution in [0.5, 0.6) is 0 Å². The largest absolute Gasteiger partial charge is 0.462 e. The van der Waals surface area contributed by atoms with Gasteiger partial charge in [-0.1, -0.05) is 50.8 Å². The van der Waals surface area contributed by atoms with Crippen LogP contribution in [0.25, 0.3) is 0 Å². The molecule has 0 unspecified atom stereocenters. The zero-order valence-corrected chi connectivity index (χ0v) is 14.0. The molecule has 0 bridgehead atoms. The molecule has 0 radical (unpaired) electrons. The van der Waals surface area contributed by atoms with Gasteiger partial charge in [0.05, 0.1) is 12.2 Å². The highest BCUT2D eigenvalue weighted by atomic mass is 16.5. The molecule has 0 aliphatic heterocycles. The summed E-state index contributed by atoms with van der Waals surface area (Å²) >= 11 is 0. The van der Waals surface area contributed by atoms with Crippen molar-refractivity contribution in [3.63, 3.8) is 0 Å². The highest BCUT2D eigenvalue weighted by Gasteiger charge is 2.08. The third-order valence-corrected chi connectivity index (χ3v) is 3.60. The molecule has 0 spiro atoms. The van der Waals surface area contributed by atoms with Crippen molar-refractivity contribution in [2.75, 3.05) is 6.61 Å². The van der Waals surface area contributed by atoms with Gasteiger partial charge in [0.2, 0.25) is 0 Å². The lowest BCUT2D eigenvalue weighted by Crippen LogP contribution is -2.08. The Labute approximate surface area is 135 Å². The number of unbranched alkanes of at least 4 members (excludes halogenated alkanes) is 6. The van der Waals surface area contributed by atoms with Crippen LogP contribution in [-0.2, 0) is 4.74 Å². The topological polar surface area (TPSA) is 26.3 Å². The Morgan fingerprint density at radius 2 is 1.68 bits per heavy atom. The van der Waals surface area contributed by atoms with E-state index in [0.29, 0.717) is 12.2 Å². The zero-order chi connectivity index (χ0) is 16.0. The quantitative estimate of drug-likeness (QED) is 0.351. The van der Waals surface area contributed by atoms with Crippen LogP contribution in [-0.4, -0.2) is 12.6 Å². The van der Waals surface area contributed by atoms with Gasteiger partial charge >= 0.3 is 5.97 Å². The van der Waals surface area contributed by atoms with Crippen molar-refractivity contribution in [3.8, 4) is 11.8 Å². The minimum atomic E-state index is -0.201.